The molecule has 8 heteroatoms. The molecule has 29 heavy (non-hydrogen) atoms. The van der Waals surface area contributed by atoms with Crippen LogP contribution < -0.4 is 19.1 Å². The number of amides is 1. The minimum Gasteiger partial charge on any atom is -0.495 e. The van der Waals surface area contributed by atoms with Gasteiger partial charge in [0, 0.05) is 16.7 Å². The van der Waals surface area contributed by atoms with Crippen LogP contribution in [0.5, 0.6) is 17.2 Å². The number of methoxy groups -OCH3 is 3. The number of aliphatic hydroxyl groups excluding tert-OH is 1. The molecular formula is C21H26ClNO6. The molecule has 0 radical (unpaired) electrons. The van der Waals surface area contributed by atoms with Crippen LogP contribution in [0, 0.1) is 0 Å². The maximum atomic E-state index is 13.1. The fourth-order valence-electron chi connectivity index (χ4n) is 2.75. The number of aliphatic hydroxyl groups is 1. The molecule has 0 aliphatic carbocycles. The lowest BCUT2D eigenvalue weighted by Gasteiger charge is -2.32. The lowest BCUT2D eigenvalue weighted by molar-refractivity contribution is 0.0467. The van der Waals surface area contributed by atoms with Crippen LogP contribution >= 0.6 is 11.6 Å². The van der Waals surface area contributed by atoms with E-state index in [1.54, 1.807) is 57.2 Å². The Labute approximate surface area is 175 Å². The maximum absolute atomic E-state index is 13.1. The van der Waals surface area contributed by atoms with E-state index in [1.807, 2.05) is 0 Å². The number of hydrogen-bond donors (Lipinski definition) is 1. The van der Waals surface area contributed by atoms with Crippen molar-refractivity contribution in [3.05, 3.63) is 47.0 Å². The summed E-state index contributed by atoms with van der Waals surface area (Å²) in [5.74, 6) is 1.00. The van der Waals surface area contributed by atoms with Gasteiger partial charge in [0.05, 0.1) is 27.0 Å². The summed E-state index contributed by atoms with van der Waals surface area (Å²) in [6, 6.07) is 9.71. The highest BCUT2D eigenvalue weighted by molar-refractivity contribution is 6.30. The third kappa shape index (κ3) is 5.25. The van der Waals surface area contributed by atoms with E-state index in [2.05, 4.69) is 0 Å². The third-order valence-electron chi connectivity index (χ3n) is 3.95. The van der Waals surface area contributed by atoms with Crippen LogP contribution in [0.2, 0.25) is 5.02 Å². The highest BCUT2D eigenvalue weighted by atomic mass is 35.5. The molecule has 0 bridgehead atoms. The molecule has 0 aliphatic heterocycles. The molecule has 2 rings (SSSR count). The van der Waals surface area contributed by atoms with Crippen molar-refractivity contribution in [3.8, 4) is 17.2 Å². The van der Waals surface area contributed by atoms with Gasteiger partial charge in [-0.1, -0.05) is 23.7 Å². The van der Waals surface area contributed by atoms with E-state index in [4.69, 9.17) is 30.5 Å². The highest BCUT2D eigenvalue weighted by Gasteiger charge is 2.33. The molecule has 1 amide bonds. The summed E-state index contributed by atoms with van der Waals surface area (Å²) >= 11 is 6.06. The Morgan fingerprint density at radius 3 is 2.24 bits per heavy atom. The SMILES string of the molecule is COc1cc(Cl)ccc1N(C(=O)OC(C)(C)C)C(O)c1cccc(OC)c1OC. The number of hydrogen-bond acceptors (Lipinski definition) is 6. The Morgan fingerprint density at radius 1 is 1.03 bits per heavy atom. The zero-order chi connectivity index (χ0) is 21.8. The van der Waals surface area contributed by atoms with Gasteiger partial charge in [-0.3, -0.25) is 0 Å². The van der Waals surface area contributed by atoms with Gasteiger partial charge in [-0.05, 0) is 39.0 Å². The summed E-state index contributed by atoms with van der Waals surface area (Å²) in [4.78, 5) is 14.1. The second-order valence-electron chi connectivity index (χ2n) is 7.12. The van der Waals surface area contributed by atoms with Crippen LogP contribution in [0.3, 0.4) is 0 Å². The number of anilines is 1. The topological polar surface area (TPSA) is 77.5 Å². The van der Waals surface area contributed by atoms with E-state index >= 15 is 0 Å². The van der Waals surface area contributed by atoms with Gasteiger partial charge in [-0.15, -0.1) is 0 Å². The van der Waals surface area contributed by atoms with E-state index in [0.29, 0.717) is 27.8 Å². The first-order valence-corrected chi connectivity index (χ1v) is 9.25. The molecule has 2 aromatic rings. The standard InChI is InChI=1S/C21H26ClNO6/c1-21(2,3)29-20(25)23(15-11-10-13(22)12-17(15)27-5)19(24)14-8-7-9-16(26-4)18(14)28-6/h7-12,19,24H,1-6H3. The zero-order valence-electron chi connectivity index (χ0n) is 17.4. The number of carbonyl (C=O) groups is 1. The fraction of sp³-hybridized carbons (Fsp3) is 0.381. The molecular weight excluding hydrogens is 398 g/mol. The second kappa shape index (κ2) is 9.24. The Bertz CT molecular complexity index is 865. The van der Waals surface area contributed by atoms with Crippen molar-refractivity contribution in [1.29, 1.82) is 0 Å². The van der Waals surface area contributed by atoms with Crippen LogP contribution in [0.1, 0.15) is 32.6 Å². The van der Waals surface area contributed by atoms with Crippen molar-refractivity contribution in [2.24, 2.45) is 0 Å². The van der Waals surface area contributed by atoms with Gasteiger partial charge < -0.3 is 24.1 Å². The summed E-state index contributed by atoms with van der Waals surface area (Å²) < 4.78 is 21.6. The van der Waals surface area contributed by atoms with Gasteiger partial charge in [0.15, 0.2) is 17.7 Å². The van der Waals surface area contributed by atoms with E-state index < -0.39 is 17.9 Å². The predicted molar refractivity (Wildman–Crippen MR) is 111 cm³/mol. The monoisotopic (exact) mass is 423 g/mol. The Hall–Kier alpha value is -2.64. The van der Waals surface area contributed by atoms with E-state index in [0.717, 1.165) is 4.90 Å². The van der Waals surface area contributed by atoms with Crippen LogP contribution in [0.25, 0.3) is 0 Å². The van der Waals surface area contributed by atoms with Crippen molar-refractivity contribution in [1.82, 2.24) is 0 Å². The Balaban J connectivity index is 2.64. The molecule has 2 aromatic carbocycles. The average molecular weight is 424 g/mol. The van der Waals surface area contributed by atoms with Crippen LogP contribution in [0.4, 0.5) is 10.5 Å². The lowest BCUT2D eigenvalue weighted by Crippen LogP contribution is -2.39. The summed E-state index contributed by atoms with van der Waals surface area (Å²) in [5, 5.41) is 11.6. The molecule has 0 aromatic heterocycles. The number of carbonyl (C=O) groups excluding carboxylic acids is 1. The molecule has 0 saturated carbocycles. The van der Waals surface area contributed by atoms with Crippen molar-refractivity contribution in [2.45, 2.75) is 32.6 Å². The van der Waals surface area contributed by atoms with Crippen molar-refractivity contribution in [2.75, 3.05) is 26.2 Å². The normalized spacial score (nSPS) is 12.1. The predicted octanol–water partition coefficient (Wildman–Crippen LogP) is 4.80. The van der Waals surface area contributed by atoms with E-state index in [1.165, 1.54) is 21.3 Å². The van der Waals surface area contributed by atoms with Crippen molar-refractivity contribution in [3.63, 3.8) is 0 Å². The quantitative estimate of drug-likeness (QED) is 0.672. The molecule has 7 nitrogen and oxygen atoms in total. The largest absolute Gasteiger partial charge is 0.495 e. The molecule has 1 unspecified atom stereocenters. The van der Waals surface area contributed by atoms with E-state index in [-0.39, 0.29) is 5.69 Å². The van der Waals surface area contributed by atoms with Gasteiger partial charge in [0.2, 0.25) is 0 Å². The maximum Gasteiger partial charge on any atom is 0.417 e. The van der Waals surface area contributed by atoms with Crippen LogP contribution in [0.15, 0.2) is 36.4 Å². The number of nitrogens with zero attached hydrogens (tertiary/aromatic N) is 1. The molecule has 0 fully saturated rings. The number of halogens is 1. The van der Waals surface area contributed by atoms with Crippen molar-refractivity contribution >= 4 is 23.4 Å². The summed E-state index contributed by atoms with van der Waals surface area (Å²) in [7, 11) is 4.39. The minimum absolute atomic E-state index is 0.281. The number of ether oxygens (including phenoxy) is 4. The first-order chi connectivity index (χ1) is 13.6. The summed E-state index contributed by atoms with van der Waals surface area (Å²) in [6.45, 7) is 5.21. The molecule has 1 N–H and O–H groups in total. The molecule has 0 aliphatic rings. The molecule has 0 spiro atoms. The van der Waals surface area contributed by atoms with Gasteiger partial charge in [-0.2, -0.15) is 0 Å². The number of benzene rings is 2. The van der Waals surface area contributed by atoms with Gasteiger partial charge in [0.1, 0.15) is 11.4 Å². The molecule has 158 valence electrons. The minimum atomic E-state index is -1.45. The second-order valence-corrected chi connectivity index (χ2v) is 7.56. The van der Waals surface area contributed by atoms with Gasteiger partial charge in [0.25, 0.3) is 0 Å². The van der Waals surface area contributed by atoms with Gasteiger partial charge in [-0.25, -0.2) is 9.69 Å². The number of rotatable bonds is 6. The van der Waals surface area contributed by atoms with Crippen molar-refractivity contribution < 1.29 is 28.8 Å². The summed E-state index contributed by atoms with van der Waals surface area (Å²) in [6.07, 6.45) is -2.22. The average Bonchev–Trinajstić information content (AvgIpc) is 2.66. The Morgan fingerprint density at radius 2 is 1.69 bits per heavy atom. The van der Waals surface area contributed by atoms with Crippen LogP contribution in [-0.4, -0.2) is 38.1 Å². The molecule has 0 heterocycles. The Kier molecular flexibility index (Phi) is 7.21. The molecule has 0 saturated heterocycles. The fourth-order valence-corrected chi connectivity index (χ4v) is 2.91. The molecule has 1 atom stereocenters. The number of para-hydroxylation sites is 1. The van der Waals surface area contributed by atoms with E-state index in [9.17, 15) is 9.90 Å². The highest BCUT2D eigenvalue weighted by Crippen LogP contribution is 2.41. The first-order valence-electron chi connectivity index (χ1n) is 8.87. The lowest BCUT2D eigenvalue weighted by atomic mass is 10.1. The third-order valence-corrected chi connectivity index (χ3v) is 4.18. The van der Waals surface area contributed by atoms with Crippen LogP contribution in [-0.2, 0) is 4.74 Å². The van der Waals surface area contributed by atoms with Gasteiger partial charge >= 0.3 is 6.09 Å². The smallest absolute Gasteiger partial charge is 0.417 e. The first kappa shape index (κ1) is 22.6. The summed E-state index contributed by atoms with van der Waals surface area (Å²) in [5.41, 5.74) is -0.189. The zero-order valence-corrected chi connectivity index (χ0v) is 18.1.